The highest BCUT2D eigenvalue weighted by atomic mass is 32.2. The number of nitrogens with zero attached hydrogens (tertiary/aromatic N) is 1. The van der Waals surface area contributed by atoms with Gasteiger partial charge < -0.3 is 10.4 Å². The van der Waals surface area contributed by atoms with E-state index in [2.05, 4.69) is 5.32 Å². The van der Waals surface area contributed by atoms with E-state index in [0.29, 0.717) is 19.5 Å². The number of aromatic carboxylic acids is 1. The number of nitrogens with one attached hydrogen (secondary N) is 1. The fraction of sp³-hybridized carbons (Fsp3) is 0.417. The van der Waals surface area contributed by atoms with Gasteiger partial charge in [0.15, 0.2) is 0 Å². The van der Waals surface area contributed by atoms with Crippen LogP contribution in [-0.2, 0) is 10.0 Å². The maximum Gasteiger partial charge on any atom is 0.337 e. The molecule has 20 heavy (non-hydrogen) atoms. The maximum absolute atomic E-state index is 13.3. The van der Waals surface area contributed by atoms with Crippen molar-refractivity contribution in [1.82, 2.24) is 9.62 Å². The fourth-order valence-electron chi connectivity index (χ4n) is 2.09. The number of carbonyl (C=O) groups is 1. The highest BCUT2D eigenvalue weighted by Gasteiger charge is 2.29. The van der Waals surface area contributed by atoms with Gasteiger partial charge in [-0.15, -0.1) is 0 Å². The average molecular weight is 302 g/mol. The molecule has 1 aliphatic heterocycles. The first-order valence-electron chi connectivity index (χ1n) is 6.16. The van der Waals surface area contributed by atoms with Crippen molar-refractivity contribution in [3.8, 4) is 0 Å². The molecule has 0 saturated carbocycles. The molecule has 6 nitrogen and oxygen atoms in total. The predicted octanol–water partition coefficient (Wildman–Crippen LogP) is 0.508. The highest BCUT2D eigenvalue weighted by molar-refractivity contribution is 7.89. The number of rotatable bonds is 3. The van der Waals surface area contributed by atoms with E-state index in [1.807, 2.05) is 0 Å². The second kappa shape index (κ2) is 5.86. The summed E-state index contributed by atoms with van der Waals surface area (Å²) in [5.74, 6) is -2.17. The van der Waals surface area contributed by atoms with Crippen molar-refractivity contribution < 1.29 is 22.7 Å². The smallest absolute Gasteiger partial charge is 0.337 e. The summed E-state index contributed by atoms with van der Waals surface area (Å²) in [5, 5.41) is 12.1. The maximum atomic E-state index is 13.3. The number of carboxylic acids is 1. The van der Waals surface area contributed by atoms with Crippen molar-refractivity contribution in [2.24, 2.45) is 0 Å². The molecular weight excluding hydrogens is 287 g/mol. The van der Waals surface area contributed by atoms with Crippen molar-refractivity contribution in [1.29, 1.82) is 0 Å². The third kappa shape index (κ3) is 2.97. The molecule has 2 N–H and O–H groups in total. The fourth-order valence-corrected chi connectivity index (χ4v) is 3.76. The number of hydrogen-bond acceptors (Lipinski definition) is 4. The molecule has 110 valence electrons. The number of halogens is 1. The molecule has 0 radical (unpaired) electrons. The van der Waals surface area contributed by atoms with Gasteiger partial charge in [-0.2, -0.15) is 4.31 Å². The van der Waals surface area contributed by atoms with Crippen LogP contribution in [0.1, 0.15) is 16.8 Å². The van der Waals surface area contributed by atoms with E-state index >= 15 is 0 Å². The molecule has 1 aromatic carbocycles. The van der Waals surface area contributed by atoms with E-state index in [-0.39, 0.29) is 13.1 Å². The Labute approximate surface area is 116 Å². The van der Waals surface area contributed by atoms with Crippen LogP contribution in [-0.4, -0.2) is 50.0 Å². The topological polar surface area (TPSA) is 86.7 Å². The van der Waals surface area contributed by atoms with Gasteiger partial charge in [-0.1, -0.05) is 0 Å². The Morgan fingerprint density at radius 1 is 1.30 bits per heavy atom. The molecule has 1 aromatic rings. The van der Waals surface area contributed by atoms with E-state index in [1.54, 1.807) is 0 Å². The highest BCUT2D eigenvalue weighted by Crippen LogP contribution is 2.22. The zero-order valence-corrected chi connectivity index (χ0v) is 11.5. The quantitative estimate of drug-likeness (QED) is 0.849. The Balaban J connectivity index is 2.47. The summed E-state index contributed by atoms with van der Waals surface area (Å²) in [6.07, 6.45) is 0.622. The van der Waals surface area contributed by atoms with Crippen LogP contribution in [0.5, 0.6) is 0 Å². The van der Waals surface area contributed by atoms with Crippen LogP contribution >= 0.6 is 0 Å². The van der Waals surface area contributed by atoms with Crippen LogP contribution < -0.4 is 5.32 Å². The van der Waals surface area contributed by atoms with Gasteiger partial charge in [0.2, 0.25) is 10.0 Å². The molecule has 0 atom stereocenters. The normalized spacial score (nSPS) is 17.6. The monoisotopic (exact) mass is 302 g/mol. The van der Waals surface area contributed by atoms with E-state index in [4.69, 9.17) is 5.11 Å². The minimum atomic E-state index is -4.01. The number of sulfonamides is 1. The molecule has 0 bridgehead atoms. The number of carboxylic acid groups (broad SMARTS) is 1. The standard InChI is InChI=1S/C12H15FN2O4S/c13-9-2-3-10(12(16)17)11(8-9)20(18,19)15-6-1-4-14-5-7-15/h2-3,8,14H,1,4-7H2,(H,16,17). The van der Waals surface area contributed by atoms with Crippen LogP contribution in [0.15, 0.2) is 23.1 Å². The Bertz CT molecular complexity index is 610. The lowest BCUT2D eigenvalue weighted by Gasteiger charge is -2.20. The first-order valence-corrected chi connectivity index (χ1v) is 7.60. The summed E-state index contributed by atoms with van der Waals surface area (Å²) >= 11 is 0. The molecule has 0 aromatic heterocycles. The van der Waals surface area contributed by atoms with Crippen molar-refractivity contribution in [3.63, 3.8) is 0 Å². The molecule has 1 aliphatic rings. The Morgan fingerprint density at radius 2 is 2.05 bits per heavy atom. The van der Waals surface area contributed by atoms with Crippen molar-refractivity contribution >= 4 is 16.0 Å². The molecule has 0 aliphatic carbocycles. The zero-order valence-electron chi connectivity index (χ0n) is 10.7. The number of hydrogen-bond donors (Lipinski definition) is 2. The van der Waals surface area contributed by atoms with Crippen molar-refractivity contribution in [2.45, 2.75) is 11.3 Å². The SMILES string of the molecule is O=C(O)c1ccc(F)cc1S(=O)(=O)N1CCCNCC1. The second-order valence-corrected chi connectivity index (χ2v) is 6.36. The molecule has 1 fully saturated rings. The lowest BCUT2D eigenvalue weighted by Crippen LogP contribution is -2.35. The molecule has 1 saturated heterocycles. The Morgan fingerprint density at radius 3 is 2.75 bits per heavy atom. The van der Waals surface area contributed by atoms with Gasteiger partial charge in [0, 0.05) is 19.6 Å². The molecular formula is C12H15FN2O4S. The summed E-state index contributed by atoms with van der Waals surface area (Å²) in [5.41, 5.74) is -0.413. The van der Waals surface area contributed by atoms with Gasteiger partial charge in [0.1, 0.15) is 5.82 Å². The summed E-state index contributed by atoms with van der Waals surface area (Å²) in [4.78, 5) is 10.6. The average Bonchev–Trinajstić information content (AvgIpc) is 2.67. The van der Waals surface area contributed by atoms with Gasteiger partial charge >= 0.3 is 5.97 Å². The summed E-state index contributed by atoms with van der Waals surface area (Å²) in [6.45, 7) is 1.70. The van der Waals surface area contributed by atoms with E-state index in [9.17, 15) is 17.6 Å². The zero-order chi connectivity index (χ0) is 14.8. The molecule has 0 spiro atoms. The van der Waals surface area contributed by atoms with Gasteiger partial charge in [-0.05, 0) is 31.2 Å². The Hall–Kier alpha value is -1.51. The Kier molecular flexibility index (Phi) is 4.36. The van der Waals surface area contributed by atoms with Crippen LogP contribution in [0.2, 0.25) is 0 Å². The number of benzene rings is 1. The summed E-state index contributed by atoms with van der Waals surface area (Å²) in [6, 6.07) is 2.67. The van der Waals surface area contributed by atoms with Crippen LogP contribution in [0.25, 0.3) is 0 Å². The third-order valence-corrected chi connectivity index (χ3v) is 5.03. The second-order valence-electron chi connectivity index (χ2n) is 4.45. The first-order chi connectivity index (χ1) is 9.43. The van der Waals surface area contributed by atoms with Crippen molar-refractivity contribution in [2.75, 3.05) is 26.2 Å². The molecule has 2 rings (SSSR count). The minimum Gasteiger partial charge on any atom is -0.478 e. The van der Waals surface area contributed by atoms with Gasteiger partial charge in [-0.3, -0.25) is 0 Å². The molecule has 0 amide bonds. The van der Waals surface area contributed by atoms with E-state index in [1.165, 1.54) is 4.31 Å². The lowest BCUT2D eigenvalue weighted by atomic mass is 10.2. The lowest BCUT2D eigenvalue weighted by molar-refractivity contribution is 0.0692. The first kappa shape index (κ1) is 14.9. The van der Waals surface area contributed by atoms with Crippen LogP contribution in [0, 0.1) is 5.82 Å². The molecule has 8 heteroatoms. The van der Waals surface area contributed by atoms with Gasteiger partial charge in [0.25, 0.3) is 0 Å². The van der Waals surface area contributed by atoms with Gasteiger partial charge in [-0.25, -0.2) is 17.6 Å². The molecule has 0 unspecified atom stereocenters. The summed E-state index contributed by atoms with van der Waals surface area (Å²) < 4.78 is 39.5. The van der Waals surface area contributed by atoms with E-state index < -0.39 is 32.3 Å². The van der Waals surface area contributed by atoms with Crippen LogP contribution in [0.3, 0.4) is 0 Å². The van der Waals surface area contributed by atoms with E-state index in [0.717, 1.165) is 18.2 Å². The largest absolute Gasteiger partial charge is 0.478 e. The van der Waals surface area contributed by atoms with Gasteiger partial charge in [0.05, 0.1) is 10.5 Å². The minimum absolute atomic E-state index is 0.234. The molecule has 1 heterocycles. The summed E-state index contributed by atoms with van der Waals surface area (Å²) in [7, 11) is -4.01. The predicted molar refractivity (Wildman–Crippen MR) is 69.6 cm³/mol. The van der Waals surface area contributed by atoms with Crippen LogP contribution in [0.4, 0.5) is 4.39 Å². The van der Waals surface area contributed by atoms with Crippen molar-refractivity contribution in [3.05, 3.63) is 29.6 Å². The third-order valence-electron chi connectivity index (χ3n) is 3.09.